The molecule has 1 aromatic carbocycles. The molecule has 0 atom stereocenters. The number of aromatic amines is 1. The summed E-state index contributed by atoms with van der Waals surface area (Å²) in [5, 5.41) is 0. The lowest BCUT2D eigenvalue weighted by Crippen LogP contribution is -1.85. The van der Waals surface area contributed by atoms with E-state index >= 15 is 0 Å². The molecular formula is C10H12ClN3. The van der Waals surface area contributed by atoms with Crippen molar-refractivity contribution in [2.24, 2.45) is 0 Å². The Balaban J connectivity index is 0.000000980. The Labute approximate surface area is 88.8 Å². The Kier molecular flexibility index (Phi) is 3.14. The lowest BCUT2D eigenvalue weighted by molar-refractivity contribution is 1.26. The van der Waals surface area contributed by atoms with E-state index in [1.165, 1.54) is 0 Å². The van der Waals surface area contributed by atoms with Crippen LogP contribution in [0.25, 0.3) is 11.3 Å². The predicted molar refractivity (Wildman–Crippen MR) is 60.4 cm³/mol. The van der Waals surface area contributed by atoms with Gasteiger partial charge in [0.25, 0.3) is 0 Å². The fourth-order valence-corrected chi connectivity index (χ4v) is 1.36. The first kappa shape index (κ1) is 10.6. The third-order valence-electron chi connectivity index (χ3n) is 1.95. The van der Waals surface area contributed by atoms with Gasteiger partial charge in [-0.15, -0.1) is 12.4 Å². The van der Waals surface area contributed by atoms with Gasteiger partial charge in [-0.2, -0.15) is 0 Å². The highest BCUT2D eigenvalue weighted by atomic mass is 35.5. The number of nitrogen functional groups attached to an aromatic ring is 1. The summed E-state index contributed by atoms with van der Waals surface area (Å²) in [6.07, 6.45) is 0. The molecule has 2 rings (SSSR count). The minimum Gasteiger partial charge on any atom is -0.369 e. The lowest BCUT2D eigenvalue weighted by Gasteiger charge is -1.95. The quantitative estimate of drug-likeness (QED) is 0.758. The van der Waals surface area contributed by atoms with Gasteiger partial charge in [-0.3, -0.25) is 0 Å². The maximum Gasteiger partial charge on any atom is 0.198 e. The molecule has 74 valence electrons. The summed E-state index contributed by atoms with van der Waals surface area (Å²) >= 11 is 0. The molecule has 0 amide bonds. The van der Waals surface area contributed by atoms with Crippen LogP contribution in [-0.4, -0.2) is 9.97 Å². The minimum absolute atomic E-state index is 0. The van der Waals surface area contributed by atoms with Crippen molar-refractivity contribution in [2.75, 3.05) is 5.73 Å². The van der Waals surface area contributed by atoms with Crippen LogP contribution in [0.2, 0.25) is 0 Å². The molecule has 14 heavy (non-hydrogen) atoms. The maximum atomic E-state index is 5.55. The molecule has 0 fully saturated rings. The van der Waals surface area contributed by atoms with Crippen LogP contribution in [0.4, 0.5) is 5.95 Å². The zero-order valence-corrected chi connectivity index (χ0v) is 8.64. The molecule has 0 spiro atoms. The second-order valence-corrected chi connectivity index (χ2v) is 2.96. The van der Waals surface area contributed by atoms with E-state index in [9.17, 15) is 0 Å². The highest BCUT2D eigenvalue weighted by Gasteiger charge is 2.05. The molecule has 2 aromatic rings. The van der Waals surface area contributed by atoms with Crippen LogP contribution in [0, 0.1) is 6.92 Å². The Bertz CT molecular complexity index is 409. The van der Waals surface area contributed by atoms with E-state index < -0.39 is 0 Å². The van der Waals surface area contributed by atoms with E-state index in [2.05, 4.69) is 9.97 Å². The summed E-state index contributed by atoms with van der Waals surface area (Å²) in [5.41, 5.74) is 8.57. The smallest absolute Gasteiger partial charge is 0.198 e. The lowest BCUT2D eigenvalue weighted by atomic mass is 10.1. The SMILES string of the molecule is Cc1[nH]c(N)nc1-c1ccccc1.Cl. The Morgan fingerprint density at radius 1 is 1.21 bits per heavy atom. The van der Waals surface area contributed by atoms with Crippen LogP contribution in [0.3, 0.4) is 0 Å². The van der Waals surface area contributed by atoms with Crippen molar-refractivity contribution in [1.29, 1.82) is 0 Å². The topological polar surface area (TPSA) is 54.7 Å². The Morgan fingerprint density at radius 2 is 1.86 bits per heavy atom. The summed E-state index contributed by atoms with van der Waals surface area (Å²) in [4.78, 5) is 7.18. The summed E-state index contributed by atoms with van der Waals surface area (Å²) in [7, 11) is 0. The zero-order valence-electron chi connectivity index (χ0n) is 7.82. The van der Waals surface area contributed by atoms with Gasteiger partial charge in [-0.25, -0.2) is 4.98 Å². The maximum absolute atomic E-state index is 5.55. The van der Waals surface area contributed by atoms with Crippen LogP contribution in [0.5, 0.6) is 0 Å². The molecule has 4 heteroatoms. The molecule has 3 nitrogen and oxygen atoms in total. The van der Waals surface area contributed by atoms with Crippen LogP contribution in [-0.2, 0) is 0 Å². The van der Waals surface area contributed by atoms with E-state index in [1.807, 2.05) is 37.3 Å². The van der Waals surface area contributed by atoms with E-state index in [1.54, 1.807) is 0 Å². The molecule has 0 aliphatic rings. The van der Waals surface area contributed by atoms with Crippen molar-refractivity contribution in [1.82, 2.24) is 9.97 Å². The third kappa shape index (κ3) is 1.88. The largest absolute Gasteiger partial charge is 0.369 e. The number of nitrogens with one attached hydrogen (secondary N) is 1. The Hall–Kier alpha value is -1.48. The molecule has 0 bridgehead atoms. The van der Waals surface area contributed by atoms with Gasteiger partial charge in [-0.1, -0.05) is 30.3 Å². The Morgan fingerprint density at radius 3 is 2.36 bits per heavy atom. The van der Waals surface area contributed by atoms with Gasteiger partial charge < -0.3 is 10.7 Å². The number of hydrogen-bond acceptors (Lipinski definition) is 2. The van der Waals surface area contributed by atoms with Gasteiger partial charge in [-0.05, 0) is 6.92 Å². The van der Waals surface area contributed by atoms with Gasteiger partial charge in [0.2, 0.25) is 0 Å². The summed E-state index contributed by atoms with van der Waals surface area (Å²) in [5.74, 6) is 0.469. The van der Waals surface area contributed by atoms with Crippen LogP contribution in [0.15, 0.2) is 30.3 Å². The van der Waals surface area contributed by atoms with Crippen LogP contribution >= 0.6 is 12.4 Å². The number of benzene rings is 1. The number of H-pyrrole nitrogens is 1. The average Bonchev–Trinajstić information content (AvgIpc) is 2.47. The van der Waals surface area contributed by atoms with Crippen molar-refractivity contribution < 1.29 is 0 Å². The molecule has 0 saturated carbocycles. The monoisotopic (exact) mass is 209 g/mol. The van der Waals surface area contributed by atoms with Gasteiger partial charge in [0.15, 0.2) is 5.95 Å². The first-order chi connectivity index (χ1) is 6.27. The number of anilines is 1. The molecule has 1 aromatic heterocycles. The molecule has 0 aliphatic carbocycles. The normalized spacial score (nSPS) is 9.50. The second-order valence-electron chi connectivity index (χ2n) is 2.96. The number of nitrogens with zero attached hydrogens (tertiary/aromatic N) is 1. The highest BCUT2D eigenvalue weighted by Crippen LogP contribution is 2.20. The fraction of sp³-hybridized carbons (Fsp3) is 0.100. The fourth-order valence-electron chi connectivity index (χ4n) is 1.36. The molecule has 3 N–H and O–H groups in total. The number of nitrogens with two attached hydrogens (primary N) is 1. The van der Waals surface area contributed by atoms with Gasteiger partial charge in [0, 0.05) is 11.3 Å². The summed E-state index contributed by atoms with van der Waals surface area (Å²) < 4.78 is 0. The van der Waals surface area contributed by atoms with Gasteiger partial charge >= 0.3 is 0 Å². The first-order valence-electron chi connectivity index (χ1n) is 4.15. The van der Waals surface area contributed by atoms with E-state index in [0.29, 0.717) is 5.95 Å². The minimum atomic E-state index is 0. The predicted octanol–water partition coefficient (Wildman–Crippen LogP) is 2.39. The standard InChI is InChI=1S/C10H11N3.ClH/c1-7-9(13-10(11)12-7)8-5-3-2-4-6-8;/h2-6H,1H3,(H3,11,12,13);1H. The highest BCUT2D eigenvalue weighted by molar-refractivity contribution is 5.85. The zero-order chi connectivity index (χ0) is 9.26. The number of rotatable bonds is 1. The number of aromatic nitrogens is 2. The molecule has 1 heterocycles. The molecule has 0 saturated heterocycles. The van der Waals surface area contributed by atoms with Crippen molar-refractivity contribution in [3.8, 4) is 11.3 Å². The average molecular weight is 210 g/mol. The number of aryl methyl sites for hydroxylation is 1. The van der Waals surface area contributed by atoms with Crippen LogP contribution < -0.4 is 5.73 Å². The first-order valence-corrected chi connectivity index (χ1v) is 4.15. The second kappa shape index (κ2) is 4.15. The van der Waals surface area contributed by atoms with Crippen molar-refractivity contribution >= 4 is 18.4 Å². The van der Waals surface area contributed by atoms with Crippen molar-refractivity contribution in [2.45, 2.75) is 6.92 Å². The van der Waals surface area contributed by atoms with E-state index in [-0.39, 0.29) is 12.4 Å². The van der Waals surface area contributed by atoms with Crippen molar-refractivity contribution in [3.05, 3.63) is 36.0 Å². The summed E-state index contributed by atoms with van der Waals surface area (Å²) in [6.45, 7) is 1.96. The molecule has 0 unspecified atom stereocenters. The summed E-state index contributed by atoms with van der Waals surface area (Å²) in [6, 6.07) is 9.99. The number of halogens is 1. The van der Waals surface area contributed by atoms with Crippen molar-refractivity contribution in [3.63, 3.8) is 0 Å². The van der Waals surface area contributed by atoms with E-state index in [0.717, 1.165) is 17.0 Å². The van der Waals surface area contributed by atoms with E-state index in [4.69, 9.17) is 5.73 Å². The third-order valence-corrected chi connectivity index (χ3v) is 1.95. The van der Waals surface area contributed by atoms with Gasteiger partial charge in [0.1, 0.15) is 0 Å². The van der Waals surface area contributed by atoms with Crippen LogP contribution in [0.1, 0.15) is 5.69 Å². The number of hydrogen-bond donors (Lipinski definition) is 2. The molecular weight excluding hydrogens is 198 g/mol. The van der Waals surface area contributed by atoms with Gasteiger partial charge in [0.05, 0.1) is 5.69 Å². The molecule has 0 radical (unpaired) electrons. The number of imidazole rings is 1. The molecule has 0 aliphatic heterocycles.